The third-order valence-corrected chi connectivity index (χ3v) is 6.24. The van der Waals surface area contributed by atoms with E-state index in [-0.39, 0.29) is 6.04 Å². The lowest BCUT2D eigenvalue weighted by Crippen LogP contribution is -2.30. The quantitative estimate of drug-likeness (QED) is 0.277. The maximum Gasteiger partial charge on any atom is 0.138 e. The van der Waals surface area contributed by atoms with E-state index < -0.39 is 0 Å². The number of hydrogen-bond acceptors (Lipinski definition) is 6. The molecule has 0 bridgehead atoms. The van der Waals surface area contributed by atoms with Crippen LogP contribution in [-0.2, 0) is 6.42 Å². The zero-order chi connectivity index (χ0) is 25.0. The van der Waals surface area contributed by atoms with Gasteiger partial charge in [-0.05, 0) is 53.9 Å². The molecule has 7 nitrogen and oxygen atoms in total. The summed E-state index contributed by atoms with van der Waals surface area (Å²) < 4.78 is 11.4. The van der Waals surface area contributed by atoms with Gasteiger partial charge in [0, 0.05) is 28.8 Å². The van der Waals surface area contributed by atoms with Gasteiger partial charge in [-0.2, -0.15) is 5.10 Å². The van der Waals surface area contributed by atoms with E-state index in [1.54, 1.807) is 24.9 Å². The number of fused-ring (bicyclic) bond motifs is 1. The van der Waals surface area contributed by atoms with Crippen LogP contribution in [0.4, 0.5) is 0 Å². The van der Waals surface area contributed by atoms with Crippen LogP contribution in [0.3, 0.4) is 0 Å². The van der Waals surface area contributed by atoms with Crippen LogP contribution in [0.15, 0.2) is 108 Å². The van der Waals surface area contributed by atoms with Crippen LogP contribution in [0.2, 0.25) is 0 Å². The van der Waals surface area contributed by atoms with Gasteiger partial charge in [-0.15, -0.1) is 0 Å². The van der Waals surface area contributed by atoms with Crippen molar-refractivity contribution in [1.29, 1.82) is 0 Å². The number of nitrogens with two attached hydrogens (primary N) is 1. The number of rotatable bonds is 8. The number of benzene rings is 2. The fourth-order valence-electron chi connectivity index (χ4n) is 4.43. The van der Waals surface area contributed by atoms with Crippen molar-refractivity contribution >= 4 is 10.9 Å². The summed E-state index contributed by atoms with van der Waals surface area (Å²) in [4.78, 5) is 9.22. The van der Waals surface area contributed by atoms with Crippen LogP contribution < -0.4 is 10.5 Å². The van der Waals surface area contributed by atoms with E-state index in [0.717, 1.165) is 51.1 Å². The number of aromatic nitrogens is 4. The van der Waals surface area contributed by atoms with Gasteiger partial charge in [-0.3, -0.25) is 15.1 Å². The highest BCUT2D eigenvalue weighted by Crippen LogP contribution is 2.36. The van der Waals surface area contributed by atoms with Crippen molar-refractivity contribution in [3.63, 3.8) is 0 Å². The van der Waals surface area contributed by atoms with Gasteiger partial charge in [0.05, 0.1) is 35.6 Å². The number of hydrogen-bond donors (Lipinski definition) is 2. The molecular weight excluding hydrogens is 462 g/mol. The second-order valence-corrected chi connectivity index (χ2v) is 8.89. The normalized spacial score (nSPS) is 12.0. The second-order valence-electron chi connectivity index (χ2n) is 8.89. The fraction of sp³-hybridized carbons (Fsp3) is 0.100. The Morgan fingerprint density at radius 3 is 2.59 bits per heavy atom. The van der Waals surface area contributed by atoms with E-state index in [0.29, 0.717) is 12.4 Å². The van der Waals surface area contributed by atoms with E-state index in [2.05, 4.69) is 33.4 Å². The molecule has 0 aliphatic carbocycles. The number of H-pyrrole nitrogens is 1. The van der Waals surface area contributed by atoms with Crippen LogP contribution in [0.5, 0.6) is 5.75 Å². The summed E-state index contributed by atoms with van der Waals surface area (Å²) in [5.74, 6) is 0.656. The monoisotopic (exact) mass is 487 g/mol. The van der Waals surface area contributed by atoms with E-state index in [9.17, 15) is 0 Å². The summed E-state index contributed by atoms with van der Waals surface area (Å²) in [6.45, 7) is 0.381. The Labute approximate surface area is 214 Å². The van der Waals surface area contributed by atoms with Gasteiger partial charge in [0.2, 0.25) is 0 Å². The molecule has 0 amide bonds. The van der Waals surface area contributed by atoms with Crippen LogP contribution in [-0.4, -0.2) is 32.8 Å². The molecule has 3 N–H and O–H groups in total. The average molecular weight is 488 g/mol. The van der Waals surface area contributed by atoms with E-state index in [4.69, 9.17) is 19.9 Å². The standard InChI is InChI=1S/C30H25N5O2/c31-23(14-20-6-2-1-3-7-20)19-37-24-16-25(29(33-17-24)22-11-13-36-18-22)21-9-10-27-26(15-21)30(35-34-27)28-8-4-5-12-32-28/h1-13,15-18,23H,14,19,31H2,(H,34,35)/t23-/m0/s1. The van der Waals surface area contributed by atoms with Crippen LogP contribution in [0, 0.1) is 0 Å². The molecule has 7 heteroatoms. The first-order chi connectivity index (χ1) is 18.2. The Hall–Kier alpha value is -4.75. The Kier molecular flexibility index (Phi) is 6.19. The zero-order valence-electron chi connectivity index (χ0n) is 20.0. The summed E-state index contributed by atoms with van der Waals surface area (Å²) in [7, 11) is 0. The first-order valence-electron chi connectivity index (χ1n) is 12.1. The summed E-state index contributed by atoms with van der Waals surface area (Å²) in [5, 5.41) is 8.61. The van der Waals surface area contributed by atoms with Gasteiger partial charge in [0.25, 0.3) is 0 Å². The number of nitrogens with zero attached hydrogens (tertiary/aromatic N) is 3. The number of pyridine rings is 2. The molecular formula is C30H25N5O2. The largest absolute Gasteiger partial charge is 0.490 e. The minimum absolute atomic E-state index is 0.136. The lowest BCUT2D eigenvalue weighted by atomic mass is 9.98. The average Bonchev–Trinajstić information content (AvgIpc) is 3.63. The molecule has 2 aromatic carbocycles. The van der Waals surface area contributed by atoms with Crippen molar-refractivity contribution in [2.45, 2.75) is 12.5 Å². The molecule has 0 fully saturated rings. The van der Waals surface area contributed by atoms with Crippen molar-refractivity contribution < 1.29 is 9.15 Å². The first-order valence-corrected chi connectivity index (χ1v) is 12.1. The molecule has 0 spiro atoms. The topological polar surface area (TPSA) is 103 Å². The number of aromatic amines is 1. The zero-order valence-corrected chi connectivity index (χ0v) is 20.0. The third kappa shape index (κ3) is 4.85. The molecule has 0 radical (unpaired) electrons. The molecule has 0 unspecified atom stereocenters. The summed E-state index contributed by atoms with van der Waals surface area (Å²) >= 11 is 0. The SMILES string of the molecule is N[C@H](COc1cnc(-c2ccoc2)c(-c2ccc3[nH]nc(-c4ccccn4)c3c2)c1)Cc1ccccc1. The van der Waals surface area contributed by atoms with E-state index in [1.165, 1.54) is 5.56 Å². The second kappa shape index (κ2) is 10.1. The highest BCUT2D eigenvalue weighted by Gasteiger charge is 2.16. The van der Waals surface area contributed by atoms with Crippen molar-refractivity contribution in [2.75, 3.05) is 6.61 Å². The molecule has 0 saturated carbocycles. The Balaban J connectivity index is 1.34. The van der Waals surface area contributed by atoms with Crippen LogP contribution in [0.25, 0.3) is 44.7 Å². The molecule has 1 atom stereocenters. The molecule has 0 aliphatic rings. The number of nitrogens with one attached hydrogen (secondary N) is 1. The van der Waals surface area contributed by atoms with Gasteiger partial charge in [0.15, 0.2) is 0 Å². The van der Waals surface area contributed by atoms with E-state index in [1.807, 2.05) is 60.7 Å². The molecule has 4 aromatic heterocycles. The van der Waals surface area contributed by atoms with Crippen molar-refractivity contribution in [2.24, 2.45) is 5.73 Å². The highest BCUT2D eigenvalue weighted by molar-refractivity contribution is 5.96. The van der Waals surface area contributed by atoms with Crippen LogP contribution >= 0.6 is 0 Å². The smallest absolute Gasteiger partial charge is 0.138 e. The van der Waals surface area contributed by atoms with Crippen molar-refractivity contribution in [3.8, 4) is 39.5 Å². The minimum atomic E-state index is -0.136. The van der Waals surface area contributed by atoms with Crippen LogP contribution in [0.1, 0.15) is 5.56 Å². The molecule has 0 aliphatic heterocycles. The fourth-order valence-corrected chi connectivity index (χ4v) is 4.43. The maximum atomic E-state index is 6.36. The van der Waals surface area contributed by atoms with Gasteiger partial charge in [-0.25, -0.2) is 0 Å². The number of furan rings is 1. The predicted octanol–water partition coefficient (Wildman–Crippen LogP) is 5.90. The molecule has 6 rings (SSSR count). The highest BCUT2D eigenvalue weighted by atomic mass is 16.5. The van der Waals surface area contributed by atoms with Crippen molar-refractivity contribution in [3.05, 3.63) is 109 Å². The molecule has 4 heterocycles. The molecule has 182 valence electrons. The molecule has 37 heavy (non-hydrogen) atoms. The Morgan fingerprint density at radius 2 is 1.78 bits per heavy atom. The van der Waals surface area contributed by atoms with Gasteiger partial charge >= 0.3 is 0 Å². The van der Waals surface area contributed by atoms with E-state index >= 15 is 0 Å². The van der Waals surface area contributed by atoms with Gasteiger partial charge in [-0.1, -0.05) is 42.5 Å². The third-order valence-electron chi connectivity index (χ3n) is 6.24. The minimum Gasteiger partial charge on any atom is -0.490 e. The Morgan fingerprint density at radius 1 is 0.892 bits per heavy atom. The molecule has 6 aromatic rings. The molecule has 0 saturated heterocycles. The van der Waals surface area contributed by atoms with Crippen molar-refractivity contribution in [1.82, 2.24) is 20.2 Å². The summed E-state index contributed by atoms with van der Waals surface area (Å²) in [6.07, 6.45) is 7.58. The summed E-state index contributed by atoms with van der Waals surface area (Å²) in [5.41, 5.74) is 13.7. The predicted molar refractivity (Wildman–Crippen MR) is 144 cm³/mol. The summed E-state index contributed by atoms with van der Waals surface area (Å²) in [6, 6.07) is 25.9. The number of ether oxygens (including phenoxy) is 1. The lowest BCUT2D eigenvalue weighted by molar-refractivity contribution is 0.287. The van der Waals surface area contributed by atoms with Gasteiger partial charge < -0.3 is 14.9 Å². The lowest BCUT2D eigenvalue weighted by Gasteiger charge is -2.15. The first kappa shape index (κ1) is 22.7. The maximum absolute atomic E-state index is 6.36. The van der Waals surface area contributed by atoms with Gasteiger partial charge in [0.1, 0.15) is 18.1 Å². The Bertz CT molecular complexity index is 1610.